The first kappa shape index (κ1) is 24.6. The first-order valence-electron chi connectivity index (χ1n) is 11.4. The van der Waals surface area contributed by atoms with E-state index in [1.54, 1.807) is 7.11 Å². The van der Waals surface area contributed by atoms with Gasteiger partial charge in [0, 0.05) is 79.2 Å². The monoisotopic (exact) mass is 418 g/mol. The van der Waals surface area contributed by atoms with Crippen LogP contribution in [0.15, 0.2) is 35.3 Å². The van der Waals surface area contributed by atoms with Crippen molar-refractivity contribution in [3.8, 4) is 0 Å². The Kier molecular flexibility index (Phi) is 12.4. The zero-order valence-electron chi connectivity index (χ0n) is 19.3. The van der Waals surface area contributed by atoms with Crippen LogP contribution in [0, 0.1) is 0 Å². The Bertz CT molecular complexity index is 574. The summed E-state index contributed by atoms with van der Waals surface area (Å²) < 4.78 is 5.12. The van der Waals surface area contributed by atoms with Gasteiger partial charge in [0.25, 0.3) is 0 Å². The van der Waals surface area contributed by atoms with Gasteiger partial charge in [0.15, 0.2) is 5.96 Å². The smallest absolute Gasteiger partial charge is 0.191 e. The SMILES string of the molecule is CCNC(=NCCN1CCN(Cc2ccccc2)CC1)NCCN(C)CCCOC. The second-order valence-electron chi connectivity index (χ2n) is 7.94. The third-order valence-corrected chi connectivity index (χ3v) is 5.42. The van der Waals surface area contributed by atoms with Crippen molar-refractivity contribution in [1.82, 2.24) is 25.3 Å². The molecule has 1 aliphatic rings. The van der Waals surface area contributed by atoms with Gasteiger partial charge in [-0.15, -0.1) is 0 Å². The summed E-state index contributed by atoms with van der Waals surface area (Å²) in [6.45, 7) is 14.2. The van der Waals surface area contributed by atoms with E-state index in [0.717, 1.165) is 91.0 Å². The lowest BCUT2D eigenvalue weighted by molar-refractivity contribution is 0.130. The fraction of sp³-hybridized carbons (Fsp3) is 0.696. The minimum Gasteiger partial charge on any atom is -0.385 e. The average Bonchev–Trinajstić information content (AvgIpc) is 2.76. The third kappa shape index (κ3) is 10.4. The van der Waals surface area contributed by atoms with Gasteiger partial charge < -0.3 is 20.3 Å². The number of nitrogens with one attached hydrogen (secondary N) is 2. The molecule has 0 aromatic heterocycles. The second kappa shape index (κ2) is 15.2. The van der Waals surface area contributed by atoms with Crippen LogP contribution in [0.25, 0.3) is 0 Å². The summed E-state index contributed by atoms with van der Waals surface area (Å²) in [6.07, 6.45) is 1.07. The fourth-order valence-corrected chi connectivity index (χ4v) is 3.61. The van der Waals surface area contributed by atoms with Gasteiger partial charge in [-0.3, -0.25) is 14.8 Å². The zero-order chi connectivity index (χ0) is 21.4. The van der Waals surface area contributed by atoms with E-state index in [0.29, 0.717) is 0 Å². The van der Waals surface area contributed by atoms with Gasteiger partial charge in [0.1, 0.15) is 0 Å². The molecule has 170 valence electrons. The van der Waals surface area contributed by atoms with Crippen molar-refractivity contribution in [2.75, 3.05) is 86.2 Å². The molecule has 0 unspecified atom stereocenters. The van der Waals surface area contributed by atoms with Crippen molar-refractivity contribution in [1.29, 1.82) is 0 Å². The molecule has 0 aliphatic carbocycles. The van der Waals surface area contributed by atoms with E-state index >= 15 is 0 Å². The summed E-state index contributed by atoms with van der Waals surface area (Å²) in [5.41, 5.74) is 1.40. The van der Waals surface area contributed by atoms with Crippen LogP contribution < -0.4 is 10.6 Å². The van der Waals surface area contributed by atoms with Crippen molar-refractivity contribution < 1.29 is 4.74 Å². The molecule has 0 atom stereocenters. The molecule has 7 heteroatoms. The number of methoxy groups -OCH3 is 1. The fourth-order valence-electron chi connectivity index (χ4n) is 3.61. The number of hydrogen-bond acceptors (Lipinski definition) is 5. The summed E-state index contributed by atoms with van der Waals surface area (Å²) in [7, 11) is 3.91. The van der Waals surface area contributed by atoms with E-state index in [1.807, 2.05) is 0 Å². The van der Waals surface area contributed by atoms with Crippen molar-refractivity contribution in [3.63, 3.8) is 0 Å². The van der Waals surface area contributed by atoms with Crippen molar-refractivity contribution >= 4 is 5.96 Å². The van der Waals surface area contributed by atoms with Crippen LogP contribution >= 0.6 is 0 Å². The van der Waals surface area contributed by atoms with Gasteiger partial charge in [-0.25, -0.2) is 0 Å². The molecule has 1 heterocycles. The molecule has 0 radical (unpaired) electrons. The number of aliphatic imine (C=N–C) groups is 1. The number of nitrogens with zero attached hydrogens (tertiary/aromatic N) is 4. The Morgan fingerprint density at radius 1 is 1.07 bits per heavy atom. The first-order chi connectivity index (χ1) is 14.7. The summed E-state index contributed by atoms with van der Waals surface area (Å²) >= 11 is 0. The average molecular weight is 419 g/mol. The number of guanidine groups is 1. The molecule has 1 saturated heterocycles. The standard InChI is InChI=1S/C23H42N6O/c1-4-24-23(25-11-14-27(2)13-8-20-30-3)26-12-15-28-16-18-29(19-17-28)21-22-9-6-5-7-10-22/h5-7,9-10H,4,8,11-21H2,1-3H3,(H2,24,25,26). The molecule has 2 rings (SSSR count). The third-order valence-electron chi connectivity index (χ3n) is 5.42. The van der Waals surface area contributed by atoms with Crippen LogP contribution in [0.5, 0.6) is 0 Å². The molecule has 7 nitrogen and oxygen atoms in total. The Labute approximate surface area is 183 Å². The largest absolute Gasteiger partial charge is 0.385 e. The van der Waals surface area contributed by atoms with Gasteiger partial charge in [-0.05, 0) is 26.0 Å². The summed E-state index contributed by atoms with van der Waals surface area (Å²) in [5, 5.41) is 6.81. The molecule has 0 saturated carbocycles. The molecule has 30 heavy (non-hydrogen) atoms. The minimum atomic E-state index is 0.822. The number of piperazine rings is 1. The molecule has 0 spiro atoms. The van der Waals surface area contributed by atoms with Crippen LogP contribution in [0.3, 0.4) is 0 Å². The van der Waals surface area contributed by atoms with Gasteiger partial charge in [0.2, 0.25) is 0 Å². The van der Waals surface area contributed by atoms with Gasteiger partial charge in [0.05, 0.1) is 6.54 Å². The minimum absolute atomic E-state index is 0.822. The van der Waals surface area contributed by atoms with E-state index in [9.17, 15) is 0 Å². The quantitative estimate of drug-likeness (QED) is 0.286. The van der Waals surface area contributed by atoms with Crippen LogP contribution in [-0.2, 0) is 11.3 Å². The first-order valence-corrected chi connectivity index (χ1v) is 11.4. The van der Waals surface area contributed by atoms with E-state index in [-0.39, 0.29) is 0 Å². The van der Waals surface area contributed by atoms with Crippen LogP contribution in [0.4, 0.5) is 0 Å². The summed E-state index contributed by atoms with van der Waals surface area (Å²) in [4.78, 5) is 12.2. The van der Waals surface area contributed by atoms with Crippen molar-refractivity contribution in [2.24, 2.45) is 4.99 Å². The molecule has 0 amide bonds. The molecule has 2 N–H and O–H groups in total. The Balaban J connectivity index is 1.62. The second-order valence-corrected chi connectivity index (χ2v) is 7.94. The molecule has 0 bridgehead atoms. The maximum Gasteiger partial charge on any atom is 0.191 e. The molecule has 1 aromatic carbocycles. The predicted molar refractivity (Wildman–Crippen MR) is 126 cm³/mol. The van der Waals surface area contributed by atoms with Crippen LogP contribution in [-0.4, -0.2) is 107 Å². The van der Waals surface area contributed by atoms with E-state index in [1.165, 1.54) is 5.56 Å². The number of ether oxygens (including phenoxy) is 1. The lowest BCUT2D eigenvalue weighted by Gasteiger charge is -2.34. The maximum absolute atomic E-state index is 5.12. The highest BCUT2D eigenvalue weighted by atomic mass is 16.5. The number of rotatable bonds is 13. The maximum atomic E-state index is 5.12. The highest BCUT2D eigenvalue weighted by Gasteiger charge is 2.16. The van der Waals surface area contributed by atoms with Crippen molar-refractivity contribution in [2.45, 2.75) is 19.9 Å². The van der Waals surface area contributed by atoms with Gasteiger partial charge in [-0.1, -0.05) is 30.3 Å². The highest BCUT2D eigenvalue weighted by molar-refractivity contribution is 5.79. The molecule has 1 aliphatic heterocycles. The normalized spacial score (nSPS) is 16.2. The summed E-state index contributed by atoms with van der Waals surface area (Å²) in [5.74, 6) is 0.922. The topological polar surface area (TPSA) is 55.4 Å². The Morgan fingerprint density at radius 2 is 1.80 bits per heavy atom. The molecular formula is C23H42N6O. The Morgan fingerprint density at radius 3 is 2.50 bits per heavy atom. The van der Waals surface area contributed by atoms with Crippen LogP contribution in [0.1, 0.15) is 18.9 Å². The van der Waals surface area contributed by atoms with Crippen LogP contribution in [0.2, 0.25) is 0 Å². The van der Waals surface area contributed by atoms with E-state index < -0.39 is 0 Å². The van der Waals surface area contributed by atoms with E-state index in [2.05, 4.69) is 69.6 Å². The Hall–Kier alpha value is -1.67. The molecular weight excluding hydrogens is 376 g/mol. The number of hydrogen-bond donors (Lipinski definition) is 2. The van der Waals surface area contributed by atoms with E-state index in [4.69, 9.17) is 9.73 Å². The summed E-state index contributed by atoms with van der Waals surface area (Å²) in [6, 6.07) is 10.8. The predicted octanol–water partition coefficient (Wildman–Crippen LogP) is 1.33. The number of likely N-dealkylation sites (N-methyl/N-ethyl adjacent to an activating group) is 1. The van der Waals surface area contributed by atoms with Gasteiger partial charge in [-0.2, -0.15) is 0 Å². The van der Waals surface area contributed by atoms with Gasteiger partial charge >= 0.3 is 0 Å². The zero-order valence-corrected chi connectivity index (χ0v) is 19.3. The molecule has 1 fully saturated rings. The lowest BCUT2D eigenvalue weighted by atomic mass is 10.2. The highest BCUT2D eigenvalue weighted by Crippen LogP contribution is 2.08. The lowest BCUT2D eigenvalue weighted by Crippen LogP contribution is -2.47. The van der Waals surface area contributed by atoms with Crippen molar-refractivity contribution in [3.05, 3.63) is 35.9 Å². The molecule has 1 aromatic rings. The number of benzene rings is 1.